The molecule has 1 aromatic heterocycles. The third-order valence-electron chi connectivity index (χ3n) is 5.12. The van der Waals surface area contributed by atoms with Gasteiger partial charge >= 0.3 is 0 Å². The third kappa shape index (κ3) is 4.03. The first kappa shape index (κ1) is 18.9. The van der Waals surface area contributed by atoms with Crippen LogP contribution in [0, 0.1) is 0 Å². The number of piperidine rings is 1. The Morgan fingerprint density at radius 3 is 2.57 bits per heavy atom. The van der Waals surface area contributed by atoms with E-state index in [0.717, 1.165) is 52.4 Å². The largest absolute Gasteiger partial charge is 0.320 e. The average Bonchev–Trinajstić information content (AvgIpc) is 2.70. The highest BCUT2D eigenvalue weighted by Gasteiger charge is 2.19. The molecule has 1 amide bonds. The number of hydrogen-bond donors (Lipinski definition) is 2. The molecule has 0 saturated carbocycles. The molecule has 144 valence electrons. The first-order valence-corrected chi connectivity index (χ1v) is 10.3. The number of anilines is 1. The Morgan fingerprint density at radius 1 is 1.07 bits per heavy atom. The van der Waals surface area contributed by atoms with Gasteiger partial charge in [-0.1, -0.05) is 52.7 Å². The number of hydrogen-bond acceptors (Lipinski definition) is 3. The van der Waals surface area contributed by atoms with Crippen molar-refractivity contribution in [1.82, 2.24) is 9.88 Å². The van der Waals surface area contributed by atoms with Gasteiger partial charge in [-0.05, 0) is 49.7 Å². The number of H-pyrrole nitrogens is 1. The highest BCUT2D eigenvalue weighted by Crippen LogP contribution is 2.33. The van der Waals surface area contributed by atoms with Crippen molar-refractivity contribution in [3.8, 4) is 11.1 Å². The number of likely N-dealkylation sites (tertiary alicyclic amines) is 1. The van der Waals surface area contributed by atoms with E-state index in [-0.39, 0.29) is 11.5 Å². The van der Waals surface area contributed by atoms with E-state index < -0.39 is 0 Å². The molecule has 2 heterocycles. The van der Waals surface area contributed by atoms with Gasteiger partial charge in [0, 0.05) is 20.9 Å². The molecule has 0 unspecified atom stereocenters. The molecule has 0 radical (unpaired) electrons. The van der Waals surface area contributed by atoms with Crippen molar-refractivity contribution < 1.29 is 4.79 Å². The van der Waals surface area contributed by atoms with Crippen molar-refractivity contribution in [2.75, 3.05) is 25.0 Å². The van der Waals surface area contributed by atoms with Gasteiger partial charge in [-0.25, -0.2) is 0 Å². The highest BCUT2D eigenvalue weighted by atomic mass is 79.9. The monoisotopic (exact) mass is 439 g/mol. The van der Waals surface area contributed by atoms with Crippen LogP contribution in [-0.2, 0) is 4.79 Å². The van der Waals surface area contributed by atoms with Crippen LogP contribution < -0.4 is 10.9 Å². The van der Waals surface area contributed by atoms with Crippen molar-refractivity contribution in [3.63, 3.8) is 0 Å². The summed E-state index contributed by atoms with van der Waals surface area (Å²) in [6.45, 7) is 2.17. The van der Waals surface area contributed by atoms with Crippen LogP contribution in [0.4, 0.5) is 5.69 Å². The molecular weight excluding hydrogens is 418 g/mol. The fourth-order valence-corrected chi connectivity index (χ4v) is 4.15. The second kappa shape index (κ2) is 8.29. The van der Waals surface area contributed by atoms with Gasteiger partial charge in [-0.2, -0.15) is 0 Å². The second-order valence-electron chi connectivity index (χ2n) is 7.15. The summed E-state index contributed by atoms with van der Waals surface area (Å²) in [7, 11) is 0. The van der Waals surface area contributed by atoms with Crippen molar-refractivity contribution in [2.45, 2.75) is 19.3 Å². The first-order chi connectivity index (χ1) is 13.6. The van der Waals surface area contributed by atoms with Crippen LogP contribution >= 0.6 is 15.9 Å². The summed E-state index contributed by atoms with van der Waals surface area (Å²) in [6.07, 6.45) is 3.45. The molecule has 1 fully saturated rings. The lowest BCUT2D eigenvalue weighted by Crippen LogP contribution is -2.37. The second-order valence-corrected chi connectivity index (χ2v) is 8.06. The maximum absolute atomic E-state index is 12.8. The summed E-state index contributed by atoms with van der Waals surface area (Å²) in [5, 5.41) is 3.78. The van der Waals surface area contributed by atoms with Gasteiger partial charge < -0.3 is 10.3 Å². The van der Waals surface area contributed by atoms with E-state index in [1.165, 1.54) is 6.42 Å². The molecule has 3 aromatic rings. The number of amides is 1. The highest BCUT2D eigenvalue weighted by molar-refractivity contribution is 9.10. The summed E-state index contributed by atoms with van der Waals surface area (Å²) in [6, 6.07) is 15.4. The van der Waals surface area contributed by atoms with Gasteiger partial charge in [0.1, 0.15) is 5.69 Å². The van der Waals surface area contributed by atoms with Gasteiger partial charge in [0.25, 0.3) is 5.56 Å². The van der Waals surface area contributed by atoms with E-state index in [1.54, 1.807) is 0 Å². The summed E-state index contributed by atoms with van der Waals surface area (Å²) in [5.74, 6) is -0.154. The molecule has 4 rings (SSSR count). The lowest BCUT2D eigenvalue weighted by molar-refractivity contribution is -0.117. The number of aromatic amines is 1. The fourth-order valence-electron chi connectivity index (χ4n) is 3.79. The molecule has 6 heteroatoms. The van der Waals surface area contributed by atoms with Crippen molar-refractivity contribution in [3.05, 3.63) is 63.4 Å². The topological polar surface area (TPSA) is 65.2 Å². The minimum atomic E-state index is -0.291. The predicted molar refractivity (Wildman–Crippen MR) is 117 cm³/mol. The molecule has 0 spiro atoms. The number of pyridine rings is 1. The molecule has 1 saturated heterocycles. The number of benzene rings is 2. The van der Waals surface area contributed by atoms with E-state index in [1.807, 2.05) is 48.5 Å². The molecule has 0 aliphatic carbocycles. The Kier molecular flexibility index (Phi) is 5.59. The summed E-state index contributed by atoms with van der Waals surface area (Å²) >= 11 is 3.51. The maximum atomic E-state index is 12.8. The smallest absolute Gasteiger partial charge is 0.272 e. The van der Waals surface area contributed by atoms with Gasteiger partial charge in [-0.3, -0.25) is 14.5 Å². The number of fused-ring (bicyclic) bond motifs is 1. The summed E-state index contributed by atoms with van der Waals surface area (Å²) < 4.78 is 0.912. The van der Waals surface area contributed by atoms with Crippen LogP contribution in [0.15, 0.2) is 57.8 Å². The maximum Gasteiger partial charge on any atom is 0.272 e. The van der Waals surface area contributed by atoms with Gasteiger partial charge in [0.2, 0.25) is 5.91 Å². The molecule has 0 atom stereocenters. The number of aromatic nitrogens is 1. The number of rotatable bonds is 4. The number of carbonyl (C=O) groups excluding carboxylic acids is 1. The van der Waals surface area contributed by atoms with Crippen molar-refractivity contribution in [1.29, 1.82) is 0 Å². The number of halogens is 1. The Morgan fingerprint density at radius 2 is 1.82 bits per heavy atom. The summed E-state index contributed by atoms with van der Waals surface area (Å²) in [5.41, 5.74) is 2.39. The van der Waals surface area contributed by atoms with E-state index in [9.17, 15) is 9.59 Å². The fraction of sp³-hybridized carbons (Fsp3) is 0.273. The zero-order chi connectivity index (χ0) is 19.5. The van der Waals surface area contributed by atoms with Crippen LogP contribution in [0.5, 0.6) is 0 Å². The van der Waals surface area contributed by atoms with Crippen LogP contribution in [0.25, 0.3) is 22.0 Å². The van der Waals surface area contributed by atoms with Crippen LogP contribution in [-0.4, -0.2) is 35.4 Å². The standard InChI is InChI=1S/C22H22BrN3O2/c23-16-9-10-18-17(13-16)20(15-7-3-1-4-8-15)21(22(28)24-18)25-19(27)14-26-11-5-2-6-12-26/h1,3-4,7-10,13H,2,5-6,11-12,14H2,(H,24,28)(H,25,27). The first-order valence-electron chi connectivity index (χ1n) is 9.55. The summed E-state index contributed by atoms with van der Waals surface area (Å²) in [4.78, 5) is 30.6. The molecule has 2 aromatic carbocycles. The number of nitrogens with zero attached hydrogens (tertiary/aromatic N) is 1. The molecule has 2 N–H and O–H groups in total. The lowest BCUT2D eigenvalue weighted by Gasteiger charge is -2.25. The quantitative estimate of drug-likeness (QED) is 0.633. The average molecular weight is 440 g/mol. The third-order valence-corrected chi connectivity index (χ3v) is 5.61. The molecule has 0 bridgehead atoms. The Balaban J connectivity index is 1.77. The predicted octanol–water partition coefficient (Wildman–Crippen LogP) is 4.38. The number of carbonyl (C=O) groups is 1. The van der Waals surface area contributed by atoms with Crippen molar-refractivity contribution in [2.24, 2.45) is 0 Å². The molecule has 28 heavy (non-hydrogen) atoms. The number of nitrogens with one attached hydrogen (secondary N) is 2. The Bertz CT molecular complexity index is 1060. The SMILES string of the molecule is O=C(CN1CCCCC1)Nc1c(-c2ccccc2)c2cc(Br)ccc2[nH]c1=O. The van der Waals surface area contributed by atoms with E-state index in [0.29, 0.717) is 12.2 Å². The zero-order valence-electron chi connectivity index (χ0n) is 15.5. The molecule has 1 aliphatic heterocycles. The van der Waals surface area contributed by atoms with Gasteiger partial charge in [0.05, 0.1) is 6.54 Å². The zero-order valence-corrected chi connectivity index (χ0v) is 17.1. The van der Waals surface area contributed by atoms with Crippen LogP contribution in [0.3, 0.4) is 0 Å². The minimum Gasteiger partial charge on any atom is -0.320 e. The minimum absolute atomic E-state index is 0.154. The molecule has 5 nitrogen and oxygen atoms in total. The van der Waals surface area contributed by atoms with E-state index >= 15 is 0 Å². The lowest BCUT2D eigenvalue weighted by atomic mass is 9.99. The van der Waals surface area contributed by atoms with Crippen LogP contribution in [0.2, 0.25) is 0 Å². The van der Waals surface area contributed by atoms with E-state index in [4.69, 9.17) is 0 Å². The van der Waals surface area contributed by atoms with Crippen LogP contribution in [0.1, 0.15) is 19.3 Å². The Labute approximate surface area is 171 Å². The van der Waals surface area contributed by atoms with Crippen molar-refractivity contribution >= 4 is 38.4 Å². The van der Waals surface area contributed by atoms with E-state index in [2.05, 4.69) is 31.1 Å². The van der Waals surface area contributed by atoms with Gasteiger partial charge in [0.15, 0.2) is 0 Å². The Hall–Kier alpha value is -2.44. The molecular formula is C22H22BrN3O2. The normalized spacial score (nSPS) is 14.9. The van der Waals surface area contributed by atoms with Gasteiger partial charge in [-0.15, -0.1) is 0 Å². The molecule has 1 aliphatic rings.